The fourth-order valence-corrected chi connectivity index (χ4v) is 2.76. The Morgan fingerprint density at radius 3 is 2.57 bits per heavy atom. The SMILES string of the molecule is CCCC(NCc1coc2ccccc12)c1ccccc1. The molecule has 0 aliphatic rings. The average molecular weight is 279 g/mol. The summed E-state index contributed by atoms with van der Waals surface area (Å²) in [4.78, 5) is 0. The molecule has 1 N–H and O–H groups in total. The molecule has 0 aliphatic carbocycles. The summed E-state index contributed by atoms with van der Waals surface area (Å²) in [6.07, 6.45) is 4.17. The fraction of sp³-hybridized carbons (Fsp3) is 0.263. The van der Waals surface area contributed by atoms with E-state index in [4.69, 9.17) is 4.42 Å². The van der Waals surface area contributed by atoms with E-state index in [1.165, 1.54) is 22.9 Å². The lowest BCUT2D eigenvalue weighted by atomic mass is 10.0. The van der Waals surface area contributed by atoms with Crippen LogP contribution in [0.4, 0.5) is 0 Å². The third-order valence-corrected chi connectivity index (χ3v) is 3.88. The van der Waals surface area contributed by atoms with Gasteiger partial charge in [0.05, 0.1) is 6.26 Å². The van der Waals surface area contributed by atoms with Gasteiger partial charge in [-0.2, -0.15) is 0 Å². The van der Waals surface area contributed by atoms with Gasteiger partial charge in [-0.3, -0.25) is 0 Å². The summed E-state index contributed by atoms with van der Waals surface area (Å²) in [6.45, 7) is 3.06. The second-order valence-corrected chi connectivity index (χ2v) is 5.39. The van der Waals surface area contributed by atoms with Crippen molar-refractivity contribution in [3.8, 4) is 0 Å². The van der Waals surface area contributed by atoms with Crippen LogP contribution in [0.3, 0.4) is 0 Å². The first-order chi connectivity index (χ1) is 10.4. The number of benzene rings is 2. The van der Waals surface area contributed by atoms with Gasteiger partial charge in [0.15, 0.2) is 0 Å². The molecule has 1 unspecified atom stereocenters. The molecule has 3 aromatic rings. The lowest BCUT2D eigenvalue weighted by Gasteiger charge is -2.18. The molecule has 0 bridgehead atoms. The van der Waals surface area contributed by atoms with Gasteiger partial charge in [-0.1, -0.05) is 61.9 Å². The second kappa shape index (κ2) is 6.59. The highest BCUT2D eigenvalue weighted by Crippen LogP contribution is 2.23. The maximum atomic E-state index is 5.61. The second-order valence-electron chi connectivity index (χ2n) is 5.39. The van der Waals surface area contributed by atoms with Gasteiger partial charge in [0.25, 0.3) is 0 Å². The van der Waals surface area contributed by atoms with Gasteiger partial charge in [-0.05, 0) is 18.1 Å². The van der Waals surface area contributed by atoms with Crippen molar-refractivity contribution in [1.82, 2.24) is 5.32 Å². The van der Waals surface area contributed by atoms with E-state index in [9.17, 15) is 0 Å². The molecule has 1 aromatic heterocycles. The monoisotopic (exact) mass is 279 g/mol. The standard InChI is InChI=1S/C19H21NO/c1-2-8-18(15-9-4-3-5-10-15)20-13-16-14-21-19-12-7-6-11-17(16)19/h3-7,9-12,14,18,20H,2,8,13H2,1H3. The van der Waals surface area contributed by atoms with Crippen LogP contribution < -0.4 is 5.32 Å². The molecule has 2 aromatic carbocycles. The third-order valence-electron chi connectivity index (χ3n) is 3.88. The molecule has 1 heterocycles. The first-order valence-corrected chi connectivity index (χ1v) is 7.62. The molecule has 0 saturated carbocycles. The molecule has 0 fully saturated rings. The van der Waals surface area contributed by atoms with Crippen molar-refractivity contribution in [2.24, 2.45) is 0 Å². The van der Waals surface area contributed by atoms with E-state index >= 15 is 0 Å². The van der Waals surface area contributed by atoms with Crippen molar-refractivity contribution in [3.63, 3.8) is 0 Å². The topological polar surface area (TPSA) is 25.2 Å². The van der Waals surface area contributed by atoms with E-state index in [2.05, 4.69) is 54.7 Å². The number of para-hydroxylation sites is 1. The number of nitrogens with one attached hydrogen (secondary N) is 1. The quantitative estimate of drug-likeness (QED) is 0.682. The first-order valence-electron chi connectivity index (χ1n) is 7.62. The van der Waals surface area contributed by atoms with Crippen molar-refractivity contribution in [3.05, 3.63) is 72.0 Å². The summed E-state index contributed by atoms with van der Waals surface area (Å²) in [5, 5.41) is 4.87. The molecule has 2 heteroatoms. The van der Waals surface area contributed by atoms with Crippen molar-refractivity contribution in [2.75, 3.05) is 0 Å². The summed E-state index contributed by atoms with van der Waals surface area (Å²) in [6, 6.07) is 19.3. The number of fused-ring (bicyclic) bond motifs is 1. The maximum absolute atomic E-state index is 5.61. The number of hydrogen-bond acceptors (Lipinski definition) is 2. The molecular formula is C19H21NO. The normalized spacial score (nSPS) is 12.6. The third kappa shape index (κ3) is 3.17. The molecule has 3 rings (SSSR count). The van der Waals surface area contributed by atoms with Crippen LogP contribution in [0.1, 0.15) is 36.9 Å². The van der Waals surface area contributed by atoms with Gasteiger partial charge in [0, 0.05) is 23.5 Å². The molecule has 0 amide bonds. The van der Waals surface area contributed by atoms with Crippen molar-refractivity contribution < 1.29 is 4.42 Å². The summed E-state index contributed by atoms with van der Waals surface area (Å²) in [5.41, 5.74) is 3.54. The van der Waals surface area contributed by atoms with Gasteiger partial charge in [-0.15, -0.1) is 0 Å². The first kappa shape index (κ1) is 13.9. The predicted molar refractivity (Wildman–Crippen MR) is 87.1 cm³/mol. The number of rotatable bonds is 6. The maximum Gasteiger partial charge on any atom is 0.134 e. The van der Waals surface area contributed by atoms with Gasteiger partial charge < -0.3 is 9.73 Å². The van der Waals surface area contributed by atoms with E-state index in [1.807, 2.05) is 18.4 Å². The highest BCUT2D eigenvalue weighted by molar-refractivity contribution is 5.80. The van der Waals surface area contributed by atoms with Gasteiger partial charge in [-0.25, -0.2) is 0 Å². The highest BCUT2D eigenvalue weighted by Gasteiger charge is 2.11. The van der Waals surface area contributed by atoms with E-state index in [-0.39, 0.29) is 0 Å². The van der Waals surface area contributed by atoms with Crippen LogP contribution in [0.25, 0.3) is 11.0 Å². The molecule has 108 valence electrons. The Labute approximate surface area is 125 Å². The van der Waals surface area contributed by atoms with Crippen LogP contribution in [0.5, 0.6) is 0 Å². The minimum Gasteiger partial charge on any atom is -0.464 e. The summed E-state index contributed by atoms with van der Waals surface area (Å²) < 4.78 is 5.61. The smallest absolute Gasteiger partial charge is 0.134 e. The lowest BCUT2D eigenvalue weighted by molar-refractivity contribution is 0.491. The van der Waals surface area contributed by atoms with Crippen LogP contribution in [-0.4, -0.2) is 0 Å². The molecule has 0 spiro atoms. The van der Waals surface area contributed by atoms with Crippen LogP contribution in [0.15, 0.2) is 65.3 Å². The average Bonchev–Trinajstić information content (AvgIpc) is 2.95. The van der Waals surface area contributed by atoms with E-state index in [1.54, 1.807) is 0 Å². The Balaban J connectivity index is 1.75. The minimum atomic E-state index is 0.393. The minimum absolute atomic E-state index is 0.393. The Morgan fingerprint density at radius 2 is 1.76 bits per heavy atom. The zero-order valence-corrected chi connectivity index (χ0v) is 12.4. The molecular weight excluding hydrogens is 258 g/mol. The summed E-state index contributed by atoms with van der Waals surface area (Å²) in [7, 11) is 0. The highest BCUT2D eigenvalue weighted by atomic mass is 16.3. The Hall–Kier alpha value is -2.06. The van der Waals surface area contributed by atoms with Gasteiger partial charge in [0.1, 0.15) is 5.58 Å². The zero-order valence-electron chi connectivity index (χ0n) is 12.4. The van der Waals surface area contributed by atoms with E-state index < -0.39 is 0 Å². The van der Waals surface area contributed by atoms with Gasteiger partial charge >= 0.3 is 0 Å². The molecule has 21 heavy (non-hydrogen) atoms. The van der Waals surface area contributed by atoms with Crippen LogP contribution >= 0.6 is 0 Å². The summed E-state index contributed by atoms with van der Waals surface area (Å²) in [5.74, 6) is 0. The van der Waals surface area contributed by atoms with Crippen LogP contribution in [0.2, 0.25) is 0 Å². The molecule has 1 atom stereocenters. The van der Waals surface area contributed by atoms with Crippen molar-refractivity contribution in [2.45, 2.75) is 32.4 Å². The number of furan rings is 1. The van der Waals surface area contributed by atoms with Crippen LogP contribution in [-0.2, 0) is 6.54 Å². The summed E-state index contributed by atoms with van der Waals surface area (Å²) >= 11 is 0. The van der Waals surface area contributed by atoms with E-state index in [0.29, 0.717) is 6.04 Å². The molecule has 2 nitrogen and oxygen atoms in total. The lowest BCUT2D eigenvalue weighted by Crippen LogP contribution is -2.20. The molecule has 0 radical (unpaired) electrons. The Bertz CT molecular complexity index is 687. The Morgan fingerprint density at radius 1 is 1.00 bits per heavy atom. The molecule has 0 saturated heterocycles. The van der Waals surface area contributed by atoms with Crippen molar-refractivity contribution in [1.29, 1.82) is 0 Å². The predicted octanol–water partition coefficient (Wildman–Crippen LogP) is 5.06. The molecule has 0 aliphatic heterocycles. The zero-order chi connectivity index (χ0) is 14.5. The van der Waals surface area contributed by atoms with E-state index in [0.717, 1.165) is 18.5 Å². The van der Waals surface area contributed by atoms with Crippen LogP contribution in [0, 0.1) is 0 Å². The fourth-order valence-electron chi connectivity index (χ4n) is 2.76. The van der Waals surface area contributed by atoms with Gasteiger partial charge in [0.2, 0.25) is 0 Å². The number of hydrogen-bond donors (Lipinski definition) is 1. The van der Waals surface area contributed by atoms with Crippen molar-refractivity contribution >= 4 is 11.0 Å². The largest absolute Gasteiger partial charge is 0.464 e. The Kier molecular flexibility index (Phi) is 4.37.